The summed E-state index contributed by atoms with van der Waals surface area (Å²) in [6, 6.07) is 20.7. The third-order valence-electron chi connectivity index (χ3n) is 4.88. The number of amides is 2. The van der Waals surface area contributed by atoms with Crippen LogP contribution in [0.2, 0.25) is 0 Å². The molecule has 0 radical (unpaired) electrons. The average Bonchev–Trinajstić information content (AvgIpc) is 2.95. The van der Waals surface area contributed by atoms with Crippen molar-refractivity contribution in [3.63, 3.8) is 0 Å². The first-order chi connectivity index (χ1) is 13.0. The highest BCUT2D eigenvalue weighted by atomic mass is 16.2. The molecule has 0 aliphatic carbocycles. The molecule has 1 aliphatic rings. The summed E-state index contributed by atoms with van der Waals surface area (Å²) >= 11 is 0. The Kier molecular flexibility index (Phi) is 4.28. The number of carbonyl (C=O) groups excluding carboxylic acids is 2. The van der Waals surface area contributed by atoms with Crippen LogP contribution in [0.15, 0.2) is 66.7 Å². The van der Waals surface area contributed by atoms with Gasteiger partial charge in [0, 0.05) is 30.9 Å². The molecule has 0 unspecified atom stereocenters. The van der Waals surface area contributed by atoms with Crippen LogP contribution in [0.4, 0.5) is 17.1 Å². The molecule has 3 aromatic rings. The summed E-state index contributed by atoms with van der Waals surface area (Å²) < 4.78 is 0. The van der Waals surface area contributed by atoms with Crippen LogP contribution in [0.1, 0.15) is 6.42 Å². The van der Waals surface area contributed by atoms with E-state index in [0.717, 1.165) is 22.1 Å². The first kappa shape index (κ1) is 17.1. The van der Waals surface area contributed by atoms with Crippen LogP contribution >= 0.6 is 0 Å². The van der Waals surface area contributed by atoms with Gasteiger partial charge in [0.05, 0.1) is 12.1 Å². The molecule has 27 heavy (non-hydrogen) atoms. The topological polar surface area (TPSA) is 52.7 Å². The summed E-state index contributed by atoms with van der Waals surface area (Å²) in [5.41, 5.74) is 2.55. The number of benzene rings is 3. The lowest BCUT2D eigenvalue weighted by Gasteiger charge is -2.18. The van der Waals surface area contributed by atoms with Crippen molar-refractivity contribution in [2.24, 2.45) is 0 Å². The third-order valence-corrected chi connectivity index (χ3v) is 4.88. The fourth-order valence-corrected chi connectivity index (χ4v) is 3.46. The lowest BCUT2D eigenvalue weighted by Crippen LogP contribution is -2.34. The zero-order valence-electron chi connectivity index (χ0n) is 15.3. The first-order valence-corrected chi connectivity index (χ1v) is 8.93. The predicted molar refractivity (Wildman–Crippen MR) is 109 cm³/mol. The van der Waals surface area contributed by atoms with Crippen molar-refractivity contribution in [2.45, 2.75) is 12.5 Å². The normalized spacial score (nSPS) is 16.8. The highest BCUT2D eigenvalue weighted by Crippen LogP contribution is 2.31. The second-order valence-electron chi connectivity index (χ2n) is 6.91. The van der Waals surface area contributed by atoms with Crippen LogP contribution in [0.3, 0.4) is 0 Å². The van der Waals surface area contributed by atoms with E-state index in [4.69, 9.17) is 0 Å². The summed E-state index contributed by atoms with van der Waals surface area (Å²) in [5, 5.41) is 5.11. The number of nitrogens with zero attached hydrogens (tertiary/aromatic N) is 2. The summed E-state index contributed by atoms with van der Waals surface area (Å²) in [6.45, 7) is 0. The van der Waals surface area contributed by atoms with Gasteiger partial charge in [-0.3, -0.25) is 9.59 Å². The van der Waals surface area contributed by atoms with Crippen LogP contribution in [-0.4, -0.2) is 32.0 Å². The van der Waals surface area contributed by atoms with Crippen molar-refractivity contribution in [2.75, 3.05) is 29.2 Å². The van der Waals surface area contributed by atoms with Gasteiger partial charge < -0.3 is 10.2 Å². The number of anilines is 3. The fourth-order valence-electron chi connectivity index (χ4n) is 3.46. The predicted octanol–water partition coefficient (Wildman–Crippen LogP) is 3.65. The van der Waals surface area contributed by atoms with Crippen molar-refractivity contribution in [1.29, 1.82) is 0 Å². The molecule has 5 nitrogen and oxygen atoms in total. The zero-order valence-corrected chi connectivity index (χ0v) is 15.3. The first-order valence-electron chi connectivity index (χ1n) is 8.93. The highest BCUT2D eigenvalue weighted by molar-refractivity contribution is 6.25. The monoisotopic (exact) mass is 359 g/mol. The van der Waals surface area contributed by atoms with Crippen LogP contribution < -0.4 is 15.1 Å². The third kappa shape index (κ3) is 3.12. The summed E-state index contributed by atoms with van der Waals surface area (Å²) in [5.74, 6) is -0.396. The molecule has 2 amide bonds. The number of carbonyl (C=O) groups is 2. The van der Waals surface area contributed by atoms with Gasteiger partial charge in [0.2, 0.25) is 5.91 Å². The summed E-state index contributed by atoms with van der Waals surface area (Å²) in [7, 11) is 3.95. The molecule has 0 saturated carbocycles. The number of hydrogen-bond acceptors (Lipinski definition) is 4. The van der Waals surface area contributed by atoms with Crippen LogP contribution in [0.5, 0.6) is 0 Å². The molecule has 5 heteroatoms. The molecule has 1 N–H and O–H groups in total. The maximum atomic E-state index is 13.0. The lowest BCUT2D eigenvalue weighted by molar-refractivity contribution is -0.121. The number of hydrogen-bond donors (Lipinski definition) is 1. The molecule has 0 spiro atoms. The minimum absolute atomic E-state index is 0.150. The van der Waals surface area contributed by atoms with Gasteiger partial charge in [0.25, 0.3) is 5.91 Å². The molecule has 3 aromatic carbocycles. The molecule has 0 bridgehead atoms. The maximum Gasteiger partial charge on any atom is 0.256 e. The maximum absolute atomic E-state index is 13.0. The van der Waals surface area contributed by atoms with Crippen LogP contribution in [-0.2, 0) is 9.59 Å². The Morgan fingerprint density at radius 1 is 0.926 bits per heavy atom. The van der Waals surface area contributed by atoms with Crippen molar-refractivity contribution in [1.82, 2.24) is 0 Å². The fraction of sp³-hybridized carbons (Fsp3) is 0.182. The van der Waals surface area contributed by atoms with Gasteiger partial charge in [-0.05, 0) is 35.7 Å². The second kappa shape index (κ2) is 6.76. The minimum Gasteiger partial charge on any atom is -0.378 e. The van der Waals surface area contributed by atoms with E-state index in [9.17, 15) is 9.59 Å². The molecule has 1 heterocycles. The Morgan fingerprint density at radius 2 is 1.63 bits per heavy atom. The van der Waals surface area contributed by atoms with E-state index in [1.54, 1.807) is 0 Å². The molecule has 1 aliphatic heterocycles. The van der Waals surface area contributed by atoms with E-state index in [0.29, 0.717) is 5.69 Å². The number of imide groups is 1. The van der Waals surface area contributed by atoms with E-state index < -0.39 is 6.04 Å². The van der Waals surface area contributed by atoms with E-state index in [1.807, 2.05) is 85.7 Å². The Balaban J connectivity index is 1.60. The van der Waals surface area contributed by atoms with Crippen molar-refractivity contribution < 1.29 is 9.59 Å². The van der Waals surface area contributed by atoms with Crippen LogP contribution in [0, 0.1) is 0 Å². The average molecular weight is 359 g/mol. The number of rotatable bonds is 4. The lowest BCUT2D eigenvalue weighted by atomic mass is 10.1. The second-order valence-corrected chi connectivity index (χ2v) is 6.91. The smallest absolute Gasteiger partial charge is 0.256 e. The van der Waals surface area contributed by atoms with E-state index >= 15 is 0 Å². The van der Waals surface area contributed by atoms with Crippen molar-refractivity contribution >= 4 is 39.6 Å². The van der Waals surface area contributed by atoms with E-state index in [1.165, 1.54) is 4.90 Å². The quantitative estimate of drug-likeness (QED) is 0.723. The molecule has 136 valence electrons. The number of fused-ring (bicyclic) bond motifs is 1. The van der Waals surface area contributed by atoms with E-state index in [-0.39, 0.29) is 18.2 Å². The van der Waals surface area contributed by atoms with Crippen molar-refractivity contribution in [3.05, 3.63) is 66.7 Å². The molecular weight excluding hydrogens is 338 g/mol. The molecule has 1 saturated heterocycles. The molecular formula is C22H21N3O2. The van der Waals surface area contributed by atoms with Crippen LogP contribution in [0.25, 0.3) is 10.8 Å². The molecule has 4 rings (SSSR count). The van der Waals surface area contributed by atoms with Gasteiger partial charge in [0.1, 0.15) is 6.04 Å². The van der Waals surface area contributed by atoms with Gasteiger partial charge in [-0.25, -0.2) is 4.90 Å². The van der Waals surface area contributed by atoms with Gasteiger partial charge in [-0.2, -0.15) is 0 Å². The molecule has 1 fully saturated rings. The summed E-state index contributed by atoms with van der Waals surface area (Å²) in [4.78, 5) is 28.9. The Morgan fingerprint density at radius 3 is 2.37 bits per heavy atom. The summed E-state index contributed by atoms with van der Waals surface area (Å²) in [6.07, 6.45) is 0.150. The van der Waals surface area contributed by atoms with E-state index in [2.05, 4.69) is 5.32 Å². The van der Waals surface area contributed by atoms with Gasteiger partial charge >= 0.3 is 0 Å². The minimum atomic E-state index is -0.554. The standard InChI is InChI=1S/C22H21N3O2/c1-24(2)17-12-10-16(11-13-17)23-19-14-21(26)25(22(19)27)20-9-5-7-15-6-3-4-8-18(15)20/h3-13,19,23H,14H2,1-2H3/t19-/m0/s1. The Bertz CT molecular complexity index is 1010. The SMILES string of the molecule is CN(C)c1ccc(N[C@H]2CC(=O)N(c3cccc4ccccc34)C2=O)cc1. The van der Waals surface area contributed by atoms with Gasteiger partial charge in [-0.15, -0.1) is 0 Å². The molecule has 0 aromatic heterocycles. The Labute approximate surface area is 158 Å². The van der Waals surface area contributed by atoms with Crippen molar-refractivity contribution in [3.8, 4) is 0 Å². The highest BCUT2D eigenvalue weighted by Gasteiger charge is 2.40. The van der Waals surface area contributed by atoms with Gasteiger partial charge in [-0.1, -0.05) is 36.4 Å². The van der Waals surface area contributed by atoms with Gasteiger partial charge in [0.15, 0.2) is 0 Å². The molecule has 1 atom stereocenters. The zero-order chi connectivity index (χ0) is 19.0. The number of nitrogens with one attached hydrogen (secondary N) is 1. The largest absolute Gasteiger partial charge is 0.378 e. The Hall–Kier alpha value is -3.34.